The number of ether oxygens (including phenoxy) is 3. The first-order chi connectivity index (χ1) is 13.1. The van der Waals surface area contributed by atoms with Crippen LogP contribution in [0.1, 0.15) is 25.3 Å². The number of carbonyl (C=O) groups is 3. The number of benzene rings is 1. The Labute approximate surface area is 156 Å². The van der Waals surface area contributed by atoms with E-state index < -0.39 is 11.8 Å². The molecule has 27 heavy (non-hydrogen) atoms. The summed E-state index contributed by atoms with van der Waals surface area (Å²) in [6.07, 6.45) is 0.823. The highest BCUT2D eigenvalue weighted by Crippen LogP contribution is 2.32. The van der Waals surface area contributed by atoms with Gasteiger partial charge in [-0.25, -0.2) is 4.79 Å². The van der Waals surface area contributed by atoms with Crippen molar-refractivity contribution in [3.63, 3.8) is 0 Å². The lowest BCUT2D eigenvalue weighted by molar-refractivity contribution is -0.139. The summed E-state index contributed by atoms with van der Waals surface area (Å²) < 4.78 is 15.5. The van der Waals surface area contributed by atoms with E-state index in [1.165, 1.54) is 0 Å². The van der Waals surface area contributed by atoms with Gasteiger partial charge in [0.05, 0.1) is 6.61 Å². The maximum atomic E-state index is 12.1. The van der Waals surface area contributed by atoms with Gasteiger partial charge < -0.3 is 29.7 Å². The molecule has 0 saturated carbocycles. The van der Waals surface area contributed by atoms with Crippen LogP contribution in [-0.2, 0) is 20.9 Å². The molecule has 0 atom stereocenters. The van der Waals surface area contributed by atoms with Crippen molar-refractivity contribution in [1.29, 1.82) is 0 Å². The standard InChI is InChI=1S/C18H23N3O6/c1-2-25-18(24)21-7-5-13(6-8-21)20-17(23)16(22)19-10-12-3-4-14-15(9-12)27-11-26-14/h3-4,9,13H,2,5-8,10-11H2,1H3,(H,19,22)(H,20,23). The lowest BCUT2D eigenvalue weighted by Gasteiger charge is -2.31. The molecule has 0 aromatic heterocycles. The van der Waals surface area contributed by atoms with Crippen molar-refractivity contribution in [2.45, 2.75) is 32.4 Å². The molecule has 1 aromatic rings. The fraction of sp³-hybridized carbons (Fsp3) is 0.500. The SMILES string of the molecule is CCOC(=O)N1CCC(NC(=O)C(=O)NCc2ccc3c(c2)OCO3)CC1. The Morgan fingerprint density at radius 3 is 2.63 bits per heavy atom. The Kier molecular flexibility index (Phi) is 6.00. The second-order valence-corrected chi connectivity index (χ2v) is 6.30. The molecule has 146 valence electrons. The fourth-order valence-electron chi connectivity index (χ4n) is 2.99. The summed E-state index contributed by atoms with van der Waals surface area (Å²) in [6, 6.07) is 5.20. The number of amides is 3. The number of fused-ring (bicyclic) bond motifs is 1. The van der Waals surface area contributed by atoms with E-state index in [-0.39, 0.29) is 25.5 Å². The first-order valence-electron chi connectivity index (χ1n) is 8.95. The molecule has 3 amide bonds. The zero-order valence-electron chi connectivity index (χ0n) is 15.2. The molecule has 1 saturated heterocycles. The van der Waals surface area contributed by atoms with E-state index in [4.69, 9.17) is 14.2 Å². The minimum atomic E-state index is -0.694. The summed E-state index contributed by atoms with van der Waals surface area (Å²) in [5.41, 5.74) is 0.808. The van der Waals surface area contributed by atoms with Gasteiger partial charge in [-0.3, -0.25) is 9.59 Å². The van der Waals surface area contributed by atoms with E-state index in [0.29, 0.717) is 44.0 Å². The first kappa shape index (κ1) is 18.8. The van der Waals surface area contributed by atoms with Crippen LogP contribution in [0.5, 0.6) is 11.5 Å². The zero-order chi connectivity index (χ0) is 19.2. The number of piperidine rings is 1. The van der Waals surface area contributed by atoms with Crippen molar-refractivity contribution in [3.8, 4) is 11.5 Å². The summed E-state index contributed by atoms with van der Waals surface area (Å²) in [4.78, 5) is 37.3. The Morgan fingerprint density at radius 2 is 1.89 bits per heavy atom. The highest BCUT2D eigenvalue weighted by Gasteiger charge is 2.26. The lowest BCUT2D eigenvalue weighted by atomic mass is 10.1. The highest BCUT2D eigenvalue weighted by molar-refractivity contribution is 6.35. The number of nitrogens with one attached hydrogen (secondary N) is 2. The van der Waals surface area contributed by atoms with Crippen molar-refractivity contribution in [3.05, 3.63) is 23.8 Å². The molecule has 2 N–H and O–H groups in total. The molecule has 9 heteroatoms. The minimum Gasteiger partial charge on any atom is -0.454 e. The van der Waals surface area contributed by atoms with E-state index >= 15 is 0 Å². The van der Waals surface area contributed by atoms with Crippen LogP contribution in [-0.4, -0.2) is 55.3 Å². The van der Waals surface area contributed by atoms with Gasteiger partial charge in [-0.05, 0) is 37.5 Å². The summed E-state index contributed by atoms with van der Waals surface area (Å²) in [5.74, 6) is -0.0812. The summed E-state index contributed by atoms with van der Waals surface area (Å²) in [7, 11) is 0. The van der Waals surface area contributed by atoms with Crippen molar-refractivity contribution in [2.24, 2.45) is 0 Å². The molecule has 9 nitrogen and oxygen atoms in total. The predicted molar refractivity (Wildman–Crippen MR) is 94.2 cm³/mol. The van der Waals surface area contributed by atoms with Gasteiger partial charge in [0.1, 0.15) is 0 Å². The third-order valence-electron chi connectivity index (χ3n) is 4.45. The molecular formula is C18H23N3O6. The van der Waals surface area contributed by atoms with Gasteiger partial charge in [0.25, 0.3) is 0 Å². The Hall–Kier alpha value is -2.97. The van der Waals surface area contributed by atoms with Crippen molar-refractivity contribution < 1.29 is 28.6 Å². The summed E-state index contributed by atoms with van der Waals surface area (Å²) in [5, 5.41) is 5.30. The number of hydrogen-bond donors (Lipinski definition) is 2. The van der Waals surface area contributed by atoms with Crippen LogP contribution < -0.4 is 20.1 Å². The molecule has 3 rings (SSSR count). The van der Waals surface area contributed by atoms with Gasteiger partial charge in [-0.2, -0.15) is 0 Å². The second-order valence-electron chi connectivity index (χ2n) is 6.30. The van der Waals surface area contributed by atoms with Gasteiger partial charge in [-0.15, -0.1) is 0 Å². The van der Waals surface area contributed by atoms with Crippen molar-refractivity contribution in [1.82, 2.24) is 15.5 Å². The molecule has 2 aliphatic heterocycles. The molecule has 0 bridgehead atoms. The lowest BCUT2D eigenvalue weighted by Crippen LogP contribution is -2.50. The predicted octanol–water partition coefficient (Wildman–Crippen LogP) is 0.769. The summed E-state index contributed by atoms with van der Waals surface area (Å²) in [6.45, 7) is 3.46. The molecule has 2 heterocycles. The average Bonchev–Trinajstić information content (AvgIpc) is 3.14. The van der Waals surface area contributed by atoms with Gasteiger partial charge in [0.15, 0.2) is 11.5 Å². The van der Waals surface area contributed by atoms with Crippen LogP contribution in [0.15, 0.2) is 18.2 Å². The van der Waals surface area contributed by atoms with Crippen LogP contribution in [0.25, 0.3) is 0 Å². The van der Waals surface area contributed by atoms with Crippen LogP contribution >= 0.6 is 0 Å². The van der Waals surface area contributed by atoms with Gasteiger partial charge >= 0.3 is 17.9 Å². The normalized spacial score (nSPS) is 16.0. The largest absolute Gasteiger partial charge is 0.454 e. The monoisotopic (exact) mass is 377 g/mol. The molecular weight excluding hydrogens is 354 g/mol. The third-order valence-corrected chi connectivity index (χ3v) is 4.45. The summed E-state index contributed by atoms with van der Waals surface area (Å²) >= 11 is 0. The topological polar surface area (TPSA) is 106 Å². The zero-order valence-corrected chi connectivity index (χ0v) is 15.2. The van der Waals surface area contributed by atoms with Gasteiger partial charge in [-0.1, -0.05) is 6.07 Å². The van der Waals surface area contributed by atoms with E-state index in [1.807, 2.05) is 0 Å². The smallest absolute Gasteiger partial charge is 0.409 e. The van der Waals surface area contributed by atoms with Crippen LogP contribution in [0.2, 0.25) is 0 Å². The van der Waals surface area contributed by atoms with Gasteiger partial charge in [0, 0.05) is 25.7 Å². The number of hydrogen-bond acceptors (Lipinski definition) is 6. The van der Waals surface area contributed by atoms with Crippen LogP contribution in [0.4, 0.5) is 4.79 Å². The number of rotatable bonds is 4. The number of likely N-dealkylation sites (tertiary alicyclic amines) is 1. The van der Waals surface area contributed by atoms with Gasteiger partial charge in [0.2, 0.25) is 6.79 Å². The number of nitrogens with zero attached hydrogens (tertiary/aromatic N) is 1. The molecule has 0 unspecified atom stereocenters. The van der Waals surface area contributed by atoms with E-state index in [0.717, 1.165) is 5.56 Å². The second kappa shape index (κ2) is 8.61. The van der Waals surface area contributed by atoms with Crippen molar-refractivity contribution in [2.75, 3.05) is 26.5 Å². The quantitative estimate of drug-likeness (QED) is 0.751. The van der Waals surface area contributed by atoms with E-state index in [9.17, 15) is 14.4 Å². The maximum absolute atomic E-state index is 12.1. The fourth-order valence-corrected chi connectivity index (χ4v) is 2.99. The molecule has 1 aromatic carbocycles. The van der Waals surface area contributed by atoms with E-state index in [2.05, 4.69) is 10.6 Å². The molecule has 2 aliphatic rings. The highest BCUT2D eigenvalue weighted by atomic mass is 16.7. The Balaban J connectivity index is 1.41. The molecule has 0 radical (unpaired) electrons. The Morgan fingerprint density at radius 1 is 1.15 bits per heavy atom. The number of carbonyl (C=O) groups excluding carboxylic acids is 3. The van der Waals surface area contributed by atoms with E-state index in [1.54, 1.807) is 30.0 Å². The molecule has 0 aliphatic carbocycles. The minimum absolute atomic E-state index is 0.139. The van der Waals surface area contributed by atoms with Crippen molar-refractivity contribution >= 4 is 17.9 Å². The molecule has 1 fully saturated rings. The molecule has 0 spiro atoms. The average molecular weight is 377 g/mol. The van der Waals surface area contributed by atoms with Crippen LogP contribution in [0.3, 0.4) is 0 Å². The first-order valence-corrected chi connectivity index (χ1v) is 8.95. The Bertz CT molecular complexity index is 715. The van der Waals surface area contributed by atoms with Crippen LogP contribution in [0, 0.1) is 0 Å². The third kappa shape index (κ3) is 4.81. The maximum Gasteiger partial charge on any atom is 0.409 e.